The summed E-state index contributed by atoms with van der Waals surface area (Å²) in [4.78, 5) is 0. The second-order valence-corrected chi connectivity index (χ2v) is 6.82. The highest BCUT2D eigenvalue weighted by Crippen LogP contribution is 2.26. The normalized spacial score (nSPS) is 10.9. The zero-order valence-corrected chi connectivity index (χ0v) is 15.4. The van der Waals surface area contributed by atoms with Crippen LogP contribution in [-0.4, -0.2) is 0 Å². The van der Waals surface area contributed by atoms with E-state index in [1.165, 1.54) is 16.7 Å². The zero-order chi connectivity index (χ0) is 18.5. The van der Waals surface area contributed by atoms with Crippen LogP contribution >= 0.6 is 0 Å². The quantitative estimate of drug-likeness (QED) is 0.465. The maximum absolute atomic E-state index is 14.1. The van der Waals surface area contributed by atoms with E-state index < -0.39 is 11.6 Å². The van der Waals surface area contributed by atoms with E-state index in [0.29, 0.717) is 16.7 Å². The largest absolute Gasteiger partial charge is 0.203 e. The average molecular weight is 350 g/mol. The molecule has 3 aromatic carbocycles. The van der Waals surface area contributed by atoms with Crippen LogP contribution in [0.5, 0.6) is 0 Å². The van der Waals surface area contributed by atoms with Gasteiger partial charge in [0.15, 0.2) is 11.6 Å². The maximum Gasteiger partial charge on any atom is 0.166 e. The van der Waals surface area contributed by atoms with Crippen LogP contribution in [0.25, 0.3) is 11.1 Å². The summed E-state index contributed by atoms with van der Waals surface area (Å²) >= 11 is 0. The Labute approximate surface area is 154 Å². The van der Waals surface area contributed by atoms with Gasteiger partial charge in [0.25, 0.3) is 0 Å². The smallest absolute Gasteiger partial charge is 0.166 e. The molecule has 0 aliphatic heterocycles. The van der Waals surface area contributed by atoms with Crippen molar-refractivity contribution in [2.45, 2.75) is 39.5 Å². The minimum atomic E-state index is -0.773. The molecule has 0 amide bonds. The van der Waals surface area contributed by atoms with Gasteiger partial charge in [0.05, 0.1) is 0 Å². The number of hydrogen-bond acceptors (Lipinski definition) is 0. The van der Waals surface area contributed by atoms with E-state index in [-0.39, 0.29) is 0 Å². The van der Waals surface area contributed by atoms with Gasteiger partial charge in [0, 0.05) is 5.56 Å². The summed E-state index contributed by atoms with van der Waals surface area (Å²) in [7, 11) is 0. The molecule has 0 saturated heterocycles. The molecule has 0 aliphatic rings. The van der Waals surface area contributed by atoms with Crippen molar-refractivity contribution in [2.75, 3.05) is 0 Å². The lowest BCUT2D eigenvalue weighted by Crippen LogP contribution is -1.94. The fraction of sp³-hybridized carbons (Fsp3) is 0.250. The van der Waals surface area contributed by atoms with E-state index in [0.717, 1.165) is 25.7 Å². The van der Waals surface area contributed by atoms with Gasteiger partial charge in [-0.15, -0.1) is 0 Å². The summed E-state index contributed by atoms with van der Waals surface area (Å²) in [6.07, 6.45) is 4.19. The Bertz CT molecular complexity index is 862. The van der Waals surface area contributed by atoms with Gasteiger partial charge in [-0.1, -0.05) is 74.0 Å². The molecule has 2 heteroatoms. The standard InChI is InChI=1S/C24H24F2/c1-3-4-18-6-8-19(9-7-18)10-11-20-12-14-21(15-13-20)22-16-5-17(2)23(25)24(22)26/h5-9,12-16H,3-4,10-11H2,1-2H3. The number of hydrogen-bond donors (Lipinski definition) is 0. The third-order valence-corrected chi connectivity index (χ3v) is 4.80. The van der Waals surface area contributed by atoms with Crippen LogP contribution in [0.15, 0.2) is 60.7 Å². The van der Waals surface area contributed by atoms with Gasteiger partial charge in [0.1, 0.15) is 0 Å². The van der Waals surface area contributed by atoms with Gasteiger partial charge < -0.3 is 0 Å². The molecule has 0 aromatic heterocycles. The molecule has 134 valence electrons. The molecule has 0 unspecified atom stereocenters. The number of rotatable bonds is 6. The van der Waals surface area contributed by atoms with Crippen molar-refractivity contribution in [1.82, 2.24) is 0 Å². The molecule has 0 N–H and O–H groups in total. The number of halogens is 2. The van der Waals surface area contributed by atoms with Crippen LogP contribution in [0.4, 0.5) is 8.78 Å². The molecule has 0 spiro atoms. The molecule has 0 atom stereocenters. The van der Waals surface area contributed by atoms with E-state index in [1.807, 2.05) is 24.3 Å². The second kappa shape index (κ2) is 8.27. The van der Waals surface area contributed by atoms with E-state index in [2.05, 4.69) is 31.2 Å². The summed E-state index contributed by atoms with van der Waals surface area (Å²) < 4.78 is 27.9. The minimum absolute atomic E-state index is 0.311. The van der Waals surface area contributed by atoms with Crippen molar-refractivity contribution < 1.29 is 8.78 Å². The Morgan fingerprint density at radius 1 is 0.615 bits per heavy atom. The van der Waals surface area contributed by atoms with E-state index in [1.54, 1.807) is 19.1 Å². The molecular formula is C24H24F2. The van der Waals surface area contributed by atoms with Crippen LogP contribution in [0.1, 0.15) is 35.6 Å². The topological polar surface area (TPSA) is 0 Å². The van der Waals surface area contributed by atoms with E-state index in [9.17, 15) is 8.78 Å². The molecular weight excluding hydrogens is 326 g/mol. The van der Waals surface area contributed by atoms with Crippen LogP contribution < -0.4 is 0 Å². The van der Waals surface area contributed by atoms with E-state index >= 15 is 0 Å². The Kier molecular flexibility index (Phi) is 5.82. The van der Waals surface area contributed by atoms with Gasteiger partial charge in [-0.05, 0) is 54.0 Å². The van der Waals surface area contributed by atoms with Crippen molar-refractivity contribution in [3.05, 3.63) is 94.6 Å². The van der Waals surface area contributed by atoms with Crippen LogP contribution in [0.2, 0.25) is 0 Å². The summed E-state index contributed by atoms with van der Waals surface area (Å²) in [6.45, 7) is 3.76. The summed E-state index contributed by atoms with van der Waals surface area (Å²) in [5.41, 5.74) is 5.24. The highest BCUT2D eigenvalue weighted by molar-refractivity contribution is 5.65. The van der Waals surface area contributed by atoms with Gasteiger partial charge in [-0.25, -0.2) is 8.78 Å². The van der Waals surface area contributed by atoms with Crippen molar-refractivity contribution in [2.24, 2.45) is 0 Å². The predicted octanol–water partition coefficient (Wildman–Crippen LogP) is 6.68. The summed E-state index contributed by atoms with van der Waals surface area (Å²) in [5, 5.41) is 0. The molecule has 0 fully saturated rings. The molecule has 0 saturated carbocycles. The third kappa shape index (κ3) is 4.19. The van der Waals surface area contributed by atoms with Crippen molar-refractivity contribution >= 4 is 0 Å². The monoisotopic (exact) mass is 350 g/mol. The molecule has 0 radical (unpaired) electrons. The average Bonchev–Trinajstić information content (AvgIpc) is 2.67. The first kappa shape index (κ1) is 18.3. The zero-order valence-electron chi connectivity index (χ0n) is 15.4. The Hall–Kier alpha value is -2.48. The van der Waals surface area contributed by atoms with Crippen LogP contribution in [-0.2, 0) is 19.3 Å². The molecule has 3 rings (SSSR count). The maximum atomic E-state index is 14.1. The highest BCUT2D eigenvalue weighted by atomic mass is 19.2. The molecule has 0 nitrogen and oxygen atoms in total. The minimum Gasteiger partial charge on any atom is -0.203 e. The Morgan fingerprint density at radius 3 is 1.65 bits per heavy atom. The lowest BCUT2D eigenvalue weighted by atomic mass is 9.98. The Morgan fingerprint density at radius 2 is 1.12 bits per heavy atom. The van der Waals surface area contributed by atoms with Gasteiger partial charge in [-0.2, -0.15) is 0 Å². The first-order valence-corrected chi connectivity index (χ1v) is 9.20. The lowest BCUT2D eigenvalue weighted by Gasteiger charge is -2.08. The summed E-state index contributed by atoms with van der Waals surface area (Å²) in [5.74, 6) is -1.54. The van der Waals surface area contributed by atoms with Crippen LogP contribution in [0.3, 0.4) is 0 Å². The second-order valence-electron chi connectivity index (χ2n) is 6.82. The molecule has 0 aliphatic carbocycles. The number of benzene rings is 3. The van der Waals surface area contributed by atoms with Crippen molar-refractivity contribution in [3.8, 4) is 11.1 Å². The molecule has 26 heavy (non-hydrogen) atoms. The fourth-order valence-corrected chi connectivity index (χ4v) is 3.17. The Balaban J connectivity index is 1.67. The predicted molar refractivity (Wildman–Crippen MR) is 104 cm³/mol. The first-order valence-electron chi connectivity index (χ1n) is 9.20. The van der Waals surface area contributed by atoms with Crippen LogP contribution in [0, 0.1) is 18.6 Å². The molecule has 3 aromatic rings. The van der Waals surface area contributed by atoms with Gasteiger partial charge >= 0.3 is 0 Å². The summed E-state index contributed by atoms with van der Waals surface area (Å²) in [6, 6.07) is 19.8. The highest BCUT2D eigenvalue weighted by Gasteiger charge is 2.12. The van der Waals surface area contributed by atoms with Crippen molar-refractivity contribution in [3.63, 3.8) is 0 Å². The SMILES string of the molecule is CCCc1ccc(CCc2ccc(-c3ccc(C)c(F)c3F)cc2)cc1. The number of aryl methyl sites for hydroxylation is 4. The first-order chi connectivity index (χ1) is 12.6. The molecule has 0 heterocycles. The third-order valence-electron chi connectivity index (χ3n) is 4.80. The molecule has 0 bridgehead atoms. The van der Waals surface area contributed by atoms with Gasteiger partial charge in [0.2, 0.25) is 0 Å². The van der Waals surface area contributed by atoms with Crippen molar-refractivity contribution in [1.29, 1.82) is 0 Å². The van der Waals surface area contributed by atoms with Gasteiger partial charge in [-0.3, -0.25) is 0 Å². The fourth-order valence-electron chi connectivity index (χ4n) is 3.17. The van der Waals surface area contributed by atoms with E-state index in [4.69, 9.17) is 0 Å². The lowest BCUT2D eigenvalue weighted by molar-refractivity contribution is 0.505.